The summed E-state index contributed by atoms with van der Waals surface area (Å²) in [4.78, 5) is 27.3. The largest absolute Gasteiger partial charge is 0.326 e. The van der Waals surface area contributed by atoms with Gasteiger partial charge in [0.2, 0.25) is 21.8 Å². The maximum Gasteiger partial charge on any atom is 0.243 e. The third kappa shape index (κ3) is 5.44. The molecule has 1 aliphatic heterocycles. The minimum absolute atomic E-state index is 0.0833. The molecule has 7 nitrogen and oxygen atoms in total. The van der Waals surface area contributed by atoms with Gasteiger partial charge in [0.15, 0.2) is 0 Å². The third-order valence-corrected chi connectivity index (χ3v) is 8.03. The van der Waals surface area contributed by atoms with Crippen LogP contribution in [0.4, 0.5) is 11.4 Å². The summed E-state index contributed by atoms with van der Waals surface area (Å²) in [5, 5.41) is 2.82. The van der Waals surface area contributed by atoms with Gasteiger partial charge in [0.05, 0.1) is 10.8 Å². The Morgan fingerprint density at radius 1 is 1.03 bits per heavy atom. The van der Waals surface area contributed by atoms with E-state index in [2.05, 4.69) is 5.32 Å². The van der Waals surface area contributed by atoms with Crippen LogP contribution in [-0.2, 0) is 26.2 Å². The molecule has 3 aromatic carbocycles. The van der Waals surface area contributed by atoms with Crippen LogP contribution in [0.2, 0.25) is 0 Å². The SMILES string of the molecule is Cc1ccc(N2CC(C(=O)Nc3ccc(S(=O)(=O)N(C)Cc4ccccc4)cc3)CC2=O)c(C)c1. The maximum atomic E-state index is 12.9. The first-order valence-corrected chi connectivity index (χ1v) is 12.9. The molecule has 182 valence electrons. The van der Waals surface area contributed by atoms with E-state index in [1.807, 2.05) is 62.4 Å². The Morgan fingerprint density at radius 2 is 1.71 bits per heavy atom. The Bertz CT molecular complexity index is 1340. The first-order valence-electron chi connectivity index (χ1n) is 11.4. The van der Waals surface area contributed by atoms with Crippen LogP contribution >= 0.6 is 0 Å². The predicted octanol–water partition coefficient (Wildman–Crippen LogP) is 4.12. The van der Waals surface area contributed by atoms with Crippen molar-refractivity contribution in [3.63, 3.8) is 0 Å². The first-order chi connectivity index (χ1) is 16.6. The number of anilines is 2. The van der Waals surface area contributed by atoms with Crippen molar-refractivity contribution in [3.05, 3.63) is 89.5 Å². The molecule has 1 unspecified atom stereocenters. The summed E-state index contributed by atoms with van der Waals surface area (Å²) in [6.07, 6.45) is 0.135. The molecule has 1 atom stereocenters. The Kier molecular flexibility index (Phi) is 7.05. The highest BCUT2D eigenvalue weighted by Crippen LogP contribution is 2.29. The quantitative estimate of drug-likeness (QED) is 0.539. The second kappa shape index (κ2) is 10.0. The van der Waals surface area contributed by atoms with Gasteiger partial charge in [0.25, 0.3) is 0 Å². The molecule has 4 rings (SSSR count). The van der Waals surface area contributed by atoms with Crippen molar-refractivity contribution in [2.45, 2.75) is 31.7 Å². The van der Waals surface area contributed by atoms with Gasteiger partial charge in [0, 0.05) is 37.9 Å². The van der Waals surface area contributed by atoms with E-state index in [1.165, 1.54) is 23.5 Å². The number of hydrogen-bond acceptors (Lipinski definition) is 4. The second-order valence-electron chi connectivity index (χ2n) is 8.96. The Hall–Kier alpha value is -3.49. The zero-order valence-corrected chi connectivity index (χ0v) is 20.9. The van der Waals surface area contributed by atoms with Gasteiger partial charge in [-0.1, -0.05) is 48.0 Å². The van der Waals surface area contributed by atoms with Crippen LogP contribution in [0.5, 0.6) is 0 Å². The zero-order valence-electron chi connectivity index (χ0n) is 20.1. The maximum absolute atomic E-state index is 12.9. The summed E-state index contributed by atoms with van der Waals surface area (Å²) in [7, 11) is -2.14. The average Bonchev–Trinajstić information content (AvgIpc) is 3.21. The molecule has 1 N–H and O–H groups in total. The number of amides is 2. The fourth-order valence-corrected chi connectivity index (χ4v) is 5.44. The number of nitrogens with zero attached hydrogens (tertiary/aromatic N) is 2. The van der Waals surface area contributed by atoms with Crippen molar-refractivity contribution in [2.24, 2.45) is 5.92 Å². The van der Waals surface area contributed by atoms with Crippen molar-refractivity contribution in [1.82, 2.24) is 4.31 Å². The molecule has 0 radical (unpaired) electrons. The van der Waals surface area contributed by atoms with Crippen LogP contribution < -0.4 is 10.2 Å². The van der Waals surface area contributed by atoms with E-state index in [9.17, 15) is 18.0 Å². The van der Waals surface area contributed by atoms with Crippen LogP contribution in [0.3, 0.4) is 0 Å². The molecule has 1 saturated heterocycles. The van der Waals surface area contributed by atoms with Crippen LogP contribution in [0.1, 0.15) is 23.1 Å². The van der Waals surface area contributed by atoms with E-state index in [4.69, 9.17) is 0 Å². The van der Waals surface area contributed by atoms with Gasteiger partial charge < -0.3 is 10.2 Å². The molecular weight excluding hydrogens is 462 g/mol. The third-order valence-electron chi connectivity index (χ3n) is 6.22. The number of hydrogen-bond donors (Lipinski definition) is 1. The number of carbonyl (C=O) groups is 2. The highest BCUT2D eigenvalue weighted by atomic mass is 32.2. The molecule has 1 aliphatic rings. The van der Waals surface area contributed by atoms with Crippen LogP contribution in [0.15, 0.2) is 77.7 Å². The lowest BCUT2D eigenvalue weighted by Gasteiger charge is -2.19. The average molecular weight is 492 g/mol. The smallest absolute Gasteiger partial charge is 0.243 e. The van der Waals surface area contributed by atoms with Gasteiger partial charge in [-0.25, -0.2) is 8.42 Å². The summed E-state index contributed by atoms with van der Waals surface area (Å²) in [6, 6.07) is 21.4. The number of carbonyl (C=O) groups excluding carboxylic acids is 2. The molecule has 2 amide bonds. The highest BCUT2D eigenvalue weighted by molar-refractivity contribution is 7.89. The Balaban J connectivity index is 1.40. The number of sulfonamides is 1. The van der Waals surface area contributed by atoms with E-state index >= 15 is 0 Å². The number of benzene rings is 3. The summed E-state index contributed by atoms with van der Waals surface area (Å²) >= 11 is 0. The summed E-state index contributed by atoms with van der Waals surface area (Å²) in [6.45, 7) is 4.52. The minimum Gasteiger partial charge on any atom is -0.326 e. The van der Waals surface area contributed by atoms with Crippen LogP contribution in [0, 0.1) is 19.8 Å². The van der Waals surface area contributed by atoms with Crippen molar-refractivity contribution >= 4 is 33.2 Å². The lowest BCUT2D eigenvalue weighted by Crippen LogP contribution is -2.28. The molecular formula is C27H29N3O4S. The van der Waals surface area contributed by atoms with E-state index in [0.717, 1.165) is 22.4 Å². The molecule has 8 heteroatoms. The van der Waals surface area contributed by atoms with Gasteiger partial charge in [-0.05, 0) is 55.3 Å². The van der Waals surface area contributed by atoms with Gasteiger partial charge in [-0.2, -0.15) is 4.31 Å². The Morgan fingerprint density at radius 3 is 2.37 bits per heavy atom. The fourth-order valence-electron chi connectivity index (χ4n) is 4.28. The van der Waals surface area contributed by atoms with E-state index in [1.54, 1.807) is 17.0 Å². The number of rotatable bonds is 7. The molecule has 0 saturated carbocycles. The molecule has 3 aromatic rings. The predicted molar refractivity (Wildman–Crippen MR) is 137 cm³/mol. The van der Waals surface area contributed by atoms with Gasteiger partial charge in [-0.3, -0.25) is 9.59 Å². The van der Waals surface area contributed by atoms with Crippen molar-refractivity contribution in [2.75, 3.05) is 23.8 Å². The second-order valence-corrected chi connectivity index (χ2v) is 11.0. The molecule has 35 heavy (non-hydrogen) atoms. The van der Waals surface area contributed by atoms with Crippen molar-refractivity contribution in [3.8, 4) is 0 Å². The van der Waals surface area contributed by atoms with Crippen LogP contribution in [0.25, 0.3) is 0 Å². The molecule has 1 fully saturated rings. The topological polar surface area (TPSA) is 86.8 Å². The molecule has 0 aliphatic carbocycles. The molecule has 0 bridgehead atoms. The van der Waals surface area contributed by atoms with Crippen molar-refractivity contribution < 1.29 is 18.0 Å². The standard InChI is InChI=1S/C27H29N3O4S/c1-19-9-14-25(20(2)15-19)30-18-22(16-26(30)31)27(32)28-23-10-12-24(13-11-23)35(33,34)29(3)17-21-7-5-4-6-8-21/h4-15,22H,16-18H2,1-3H3,(H,28,32). The summed E-state index contributed by atoms with van der Waals surface area (Å²) in [5.41, 5.74) is 4.31. The van der Waals surface area contributed by atoms with Gasteiger partial charge in [0.1, 0.15) is 0 Å². The molecule has 0 aromatic heterocycles. The highest BCUT2D eigenvalue weighted by Gasteiger charge is 2.35. The molecule has 0 spiro atoms. The fraction of sp³-hybridized carbons (Fsp3) is 0.259. The number of nitrogens with one attached hydrogen (secondary N) is 1. The summed E-state index contributed by atoms with van der Waals surface area (Å²) in [5.74, 6) is -0.828. The van der Waals surface area contributed by atoms with Gasteiger partial charge in [-0.15, -0.1) is 0 Å². The van der Waals surface area contributed by atoms with E-state index in [0.29, 0.717) is 12.2 Å². The van der Waals surface area contributed by atoms with Crippen molar-refractivity contribution in [1.29, 1.82) is 0 Å². The summed E-state index contributed by atoms with van der Waals surface area (Å²) < 4.78 is 27.2. The molecule has 1 heterocycles. The normalized spacial score (nSPS) is 16.1. The Labute approximate surface area is 206 Å². The van der Waals surface area contributed by atoms with Gasteiger partial charge >= 0.3 is 0 Å². The van der Waals surface area contributed by atoms with Crippen LogP contribution in [-0.4, -0.2) is 38.1 Å². The lowest BCUT2D eigenvalue weighted by atomic mass is 10.1. The lowest BCUT2D eigenvalue weighted by molar-refractivity contribution is -0.122. The minimum atomic E-state index is -3.68. The van der Waals surface area contributed by atoms with E-state index in [-0.39, 0.29) is 29.7 Å². The monoisotopic (exact) mass is 491 g/mol. The zero-order chi connectivity index (χ0) is 25.2. The first kappa shape index (κ1) is 24.6. The number of aryl methyl sites for hydroxylation is 2. The van der Waals surface area contributed by atoms with E-state index < -0.39 is 15.9 Å².